The number of nitrogens with zero attached hydrogens (tertiary/aromatic N) is 1. The molecule has 2 heterocycles. The summed E-state index contributed by atoms with van der Waals surface area (Å²) in [6, 6.07) is 13.3. The van der Waals surface area contributed by atoms with E-state index in [1.165, 1.54) is 17.2 Å². The van der Waals surface area contributed by atoms with Crippen LogP contribution in [-0.2, 0) is 14.8 Å². The third-order valence-corrected chi connectivity index (χ3v) is 6.68. The molecule has 0 unspecified atom stereocenters. The summed E-state index contributed by atoms with van der Waals surface area (Å²) in [5.41, 5.74) is 2.39. The molecule has 1 N–H and O–H groups in total. The van der Waals surface area contributed by atoms with E-state index in [2.05, 4.69) is 16.9 Å². The van der Waals surface area contributed by atoms with Crippen molar-refractivity contribution >= 4 is 32.8 Å². The fraction of sp³-hybridized carbons (Fsp3) is 0.235. The topological polar surface area (TPSA) is 66.5 Å². The fourth-order valence-electron chi connectivity index (χ4n) is 2.57. The van der Waals surface area contributed by atoms with Crippen molar-refractivity contribution in [3.8, 4) is 0 Å². The van der Waals surface area contributed by atoms with Crippen molar-refractivity contribution in [3.63, 3.8) is 0 Å². The Morgan fingerprint density at radius 2 is 1.96 bits per heavy atom. The molecule has 0 fully saturated rings. The zero-order valence-corrected chi connectivity index (χ0v) is 14.6. The van der Waals surface area contributed by atoms with Gasteiger partial charge in [-0.2, -0.15) is 0 Å². The molecule has 1 aliphatic rings. The summed E-state index contributed by atoms with van der Waals surface area (Å²) in [7, 11) is -3.60. The molecule has 3 rings (SSSR count). The van der Waals surface area contributed by atoms with Gasteiger partial charge in [0.05, 0.1) is 6.54 Å². The molecule has 1 aliphatic heterocycles. The van der Waals surface area contributed by atoms with Crippen LogP contribution >= 0.6 is 11.3 Å². The van der Waals surface area contributed by atoms with Gasteiger partial charge in [0, 0.05) is 13.1 Å². The van der Waals surface area contributed by atoms with Gasteiger partial charge in [-0.25, -0.2) is 13.1 Å². The molecule has 0 saturated carbocycles. The summed E-state index contributed by atoms with van der Waals surface area (Å²) >= 11 is 1.13. The van der Waals surface area contributed by atoms with E-state index < -0.39 is 10.0 Å². The molecule has 24 heavy (non-hydrogen) atoms. The SMILES string of the molecule is O=C(CNS(=O)(=O)c1cccs1)N1CC=C(c2ccccc2)CC1. The molecule has 5 nitrogen and oxygen atoms in total. The normalized spacial score (nSPS) is 15.2. The van der Waals surface area contributed by atoms with E-state index in [4.69, 9.17) is 0 Å². The lowest BCUT2D eigenvalue weighted by Crippen LogP contribution is -2.41. The van der Waals surface area contributed by atoms with Gasteiger partial charge in [0.15, 0.2) is 0 Å². The van der Waals surface area contributed by atoms with Crippen LogP contribution in [0, 0.1) is 0 Å². The highest BCUT2D eigenvalue weighted by Crippen LogP contribution is 2.22. The highest BCUT2D eigenvalue weighted by atomic mass is 32.2. The average Bonchev–Trinajstić information content (AvgIpc) is 3.16. The molecule has 0 aliphatic carbocycles. The first kappa shape index (κ1) is 16.9. The zero-order valence-electron chi connectivity index (χ0n) is 13.0. The van der Waals surface area contributed by atoms with Crippen LogP contribution in [-0.4, -0.2) is 38.9 Å². The van der Waals surface area contributed by atoms with E-state index in [9.17, 15) is 13.2 Å². The molecule has 126 valence electrons. The number of carbonyl (C=O) groups excluding carboxylic acids is 1. The van der Waals surface area contributed by atoms with Gasteiger partial charge >= 0.3 is 0 Å². The predicted octanol–water partition coefficient (Wildman–Crippen LogP) is 2.34. The quantitative estimate of drug-likeness (QED) is 0.888. The smallest absolute Gasteiger partial charge is 0.250 e. The standard InChI is InChI=1S/C17H18N2O3S2/c20-16(13-18-24(21,22)17-7-4-12-23-17)19-10-8-15(9-11-19)14-5-2-1-3-6-14/h1-8,12,18H,9-11,13H2. The van der Waals surface area contributed by atoms with Crippen LogP contribution < -0.4 is 4.72 Å². The molecule has 2 aromatic rings. The van der Waals surface area contributed by atoms with E-state index in [1.807, 2.05) is 24.3 Å². The van der Waals surface area contributed by atoms with Crippen LogP contribution in [0.25, 0.3) is 5.57 Å². The van der Waals surface area contributed by atoms with Gasteiger partial charge in [0.25, 0.3) is 10.0 Å². The number of nitrogens with one attached hydrogen (secondary N) is 1. The van der Waals surface area contributed by atoms with Crippen molar-refractivity contribution in [1.29, 1.82) is 0 Å². The van der Waals surface area contributed by atoms with Gasteiger partial charge < -0.3 is 4.90 Å². The molecule has 0 saturated heterocycles. The van der Waals surface area contributed by atoms with Crippen LogP contribution in [0.1, 0.15) is 12.0 Å². The second-order valence-corrected chi connectivity index (χ2v) is 8.38. The van der Waals surface area contributed by atoms with Gasteiger partial charge in [0.1, 0.15) is 4.21 Å². The highest BCUT2D eigenvalue weighted by molar-refractivity contribution is 7.91. The number of sulfonamides is 1. The van der Waals surface area contributed by atoms with Crippen molar-refractivity contribution in [2.75, 3.05) is 19.6 Å². The van der Waals surface area contributed by atoms with Gasteiger partial charge in [-0.05, 0) is 29.0 Å². The third kappa shape index (κ3) is 3.92. The van der Waals surface area contributed by atoms with E-state index in [0.29, 0.717) is 13.1 Å². The van der Waals surface area contributed by atoms with Crippen LogP contribution in [0.2, 0.25) is 0 Å². The predicted molar refractivity (Wildman–Crippen MR) is 95.1 cm³/mol. The molecule has 0 atom stereocenters. The molecule has 1 aromatic carbocycles. The summed E-state index contributed by atoms with van der Waals surface area (Å²) in [5, 5.41) is 1.69. The Kier molecular flexibility index (Phi) is 5.13. The number of carbonyl (C=O) groups is 1. The second kappa shape index (κ2) is 7.29. The molecule has 0 bridgehead atoms. The first-order valence-electron chi connectivity index (χ1n) is 7.62. The Morgan fingerprint density at radius 1 is 1.17 bits per heavy atom. The minimum Gasteiger partial charge on any atom is -0.337 e. The minimum atomic E-state index is -3.60. The van der Waals surface area contributed by atoms with Crippen molar-refractivity contribution in [2.45, 2.75) is 10.6 Å². The maximum atomic E-state index is 12.2. The minimum absolute atomic E-state index is 0.210. The molecule has 0 radical (unpaired) electrons. The Morgan fingerprint density at radius 3 is 2.58 bits per heavy atom. The number of thiophene rings is 1. The van der Waals surface area contributed by atoms with Gasteiger partial charge in [-0.1, -0.05) is 42.5 Å². The highest BCUT2D eigenvalue weighted by Gasteiger charge is 2.21. The molecular formula is C17H18N2O3S2. The Labute approximate surface area is 145 Å². The largest absolute Gasteiger partial charge is 0.337 e. The molecule has 1 amide bonds. The van der Waals surface area contributed by atoms with Crippen molar-refractivity contribution < 1.29 is 13.2 Å². The van der Waals surface area contributed by atoms with Gasteiger partial charge in [-0.15, -0.1) is 11.3 Å². The van der Waals surface area contributed by atoms with Crippen LogP contribution in [0.4, 0.5) is 0 Å². The molecule has 1 aromatic heterocycles. The van der Waals surface area contributed by atoms with Crippen molar-refractivity contribution in [1.82, 2.24) is 9.62 Å². The number of hydrogen-bond donors (Lipinski definition) is 1. The lowest BCUT2D eigenvalue weighted by atomic mass is 9.99. The van der Waals surface area contributed by atoms with E-state index >= 15 is 0 Å². The number of hydrogen-bond acceptors (Lipinski definition) is 4. The van der Waals surface area contributed by atoms with E-state index in [0.717, 1.165) is 17.8 Å². The van der Waals surface area contributed by atoms with Crippen LogP contribution in [0.3, 0.4) is 0 Å². The summed E-state index contributed by atoms with van der Waals surface area (Å²) in [5.74, 6) is -0.210. The summed E-state index contributed by atoms with van der Waals surface area (Å²) < 4.78 is 26.7. The number of benzene rings is 1. The van der Waals surface area contributed by atoms with Crippen LogP contribution in [0.15, 0.2) is 58.1 Å². The van der Waals surface area contributed by atoms with Gasteiger partial charge in [-0.3, -0.25) is 4.79 Å². The fourth-order valence-corrected chi connectivity index (χ4v) is 4.58. The Balaban J connectivity index is 1.57. The first-order chi connectivity index (χ1) is 11.6. The summed E-state index contributed by atoms with van der Waals surface area (Å²) in [4.78, 5) is 13.9. The third-order valence-electron chi connectivity index (χ3n) is 3.88. The van der Waals surface area contributed by atoms with Gasteiger partial charge in [0.2, 0.25) is 5.91 Å². The average molecular weight is 362 g/mol. The van der Waals surface area contributed by atoms with E-state index in [-0.39, 0.29) is 16.7 Å². The van der Waals surface area contributed by atoms with E-state index in [1.54, 1.807) is 16.3 Å². The summed E-state index contributed by atoms with van der Waals surface area (Å²) in [6.45, 7) is 0.888. The van der Waals surface area contributed by atoms with Crippen molar-refractivity contribution in [2.24, 2.45) is 0 Å². The summed E-state index contributed by atoms with van der Waals surface area (Å²) in [6.07, 6.45) is 2.80. The monoisotopic (exact) mass is 362 g/mol. The number of rotatable bonds is 5. The Hall–Kier alpha value is -1.96. The first-order valence-corrected chi connectivity index (χ1v) is 9.98. The van der Waals surface area contributed by atoms with Crippen LogP contribution in [0.5, 0.6) is 0 Å². The second-order valence-electron chi connectivity index (χ2n) is 5.44. The number of amides is 1. The zero-order chi connectivity index (χ0) is 17.0. The molecular weight excluding hydrogens is 344 g/mol. The lowest BCUT2D eigenvalue weighted by molar-refractivity contribution is -0.129. The molecule has 0 spiro atoms. The lowest BCUT2D eigenvalue weighted by Gasteiger charge is -2.26. The van der Waals surface area contributed by atoms with Crippen molar-refractivity contribution in [3.05, 3.63) is 59.5 Å². The maximum absolute atomic E-state index is 12.2. The maximum Gasteiger partial charge on any atom is 0.250 e. The Bertz CT molecular complexity index is 828. The molecule has 7 heteroatoms.